The van der Waals surface area contributed by atoms with Crippen LogP contribution in [0.3, 0.4) is 0 Å². The van der Waals surface area contributed by atoms with Crippen molar-refractivity contribution in [2.45, 2.75) is 19.1 Å². The van der Waals surface area contributed by atoms with E-state index in [1.807, 2.05) is 22.6 Å². The molecule has 0 atom stereocenters. The third kappa shape index (κ3) is 4.81. The van der Waals surface area contributed by atoms with E-state index in [-0.39, 0.29) is 23.4 Å². The minimum absolute atomic E-state index is 0.176. The standard InChI is InChI=1S/C15H16IN3O4S/c1-9-6-11(7-13(17)20)14(15(21)18-9)19-24(22,23)8-10-4-2-3-5-12(10)16/h2-6,19H,7-8H2,1H3,(H2,17,20)(H,18,21). The van der Waals surface area contributed by atoms with Gasteiger partial charge in [0.05, 0.1) is 12.2 Å². The molecule has 0 radical (unpaired) electrons. The summed E-state index contributed by atoms with van der Waals surface area (Å²) in [6, 6.07) is 8.56. The number of nitrogens with one attached hydrogen (secondary N) is 2. The van der Waals surface area contributed by atoms with Crippen molar-refractivity contribution < 1.29 is 13.2 Å². The van der Waals surface area contributed by atoms with Gasteiger partial charge in [-0.1, -0.05) is 18.2 Å². The Morgan fingerprint density at radius 3 is 2.58 bits per heavy atom. The zero-order chi connectivity index (χ0) is 17.9. The van der Waals surface area contributed by atoms with Crippen LogP contribution in [0.25, 0.3) is 0 Å². The number of hydrogen-bond donors (Lipinski definition) is 3. The molecule has 9 heteroatoms. The van der Waals surface area contributed by atoms with E-state index in [9.17, 15) is 18.0 Å². The molecule has 0 bridgehead atoms. The molecule has 1 heterocycles. The molecule has 2 rings (SSSR count). The van der Waals surface area contributed by atoms with Crippen LogP contribution in [0.15, 0.2) is 35.1 Å². The fourth-order valence-corrected chi connectivity index (χ4v) is 4.31. The first kappa shape index (κ1) is 18.5. The fourth-order valence-electron chi connectivity index (χ4n) is 2.21. The van der Waals surface area contributed by atoms with Crippen LogP contribution in [0.2, 0.25) is 0 Å². The van der Waals surface area contributed by atoms with E-state index >= 15 is 0 Å². The predicted octanol–water partition coefficient (Wildman–Crippen LogP) is 1.26. The number of H-pyrrole nitrogens is 1. The lowest BCUT2D eigenvalue weighted by Crippen LogP contribution is -2.25. The molecule has 0 aliphatic rings. The molecule has 7 nitrogen and oxygen atoms in total. The number of carbonyl (C=O) groups excluding carboxylic acids is 1. The largest absolute Gasteiger partial charge is 0.369 e. The summed E-state index contributed by atoms with van der Waals surface area (Å²) in [5.74, 6) is -0.937. The van der Waals surface area contributed by atoms with Crippen LogP contribution in [0.5, 0.6) is 0 Å². The van der Waals surface area contributed by atoms with Gasteiger partial charge in [-0.2, -0.15) is 0 Å². The number of aromatic amines is 1. The molecule has 1 aromatic carbocycles. The van der Waals surface area contributed by atoms with E-state index in [0.29, 0.717) is 11.3 Å². The maximum atomic E-state index is 12.4. The van der Waals surface area contributed by atoms with Crippen LogP contribution < -0.4 is 16.0 Å². The molecular weight excluding hydrogens is 445 g/mol. The molecule has 4 N–H and O–H groups in total. The average molecular weight is 461 g/mol. The van der Waals surface area contributed by atoms with Gasteiger partial charge in [0.2, 0.25) is 15.9 Å². The monoisotopic (exact) mass is 461 g/mol. The smallest absolute Gasteiger partial charge is 0.272 e. The lowest BCUT2D eigenvalue weighted by atomic mass is 10.1. The summed E-state index contributed by atoms with van der Waals surface area (Å²) < 4.78 is 27.9. The van der Waals surface area contributed by atoms with Gasteiger partial charge in [-0.25, -0.2) is 8.42 Å². The van der Waals surface area contributed by atoms with Crippen LogP contribution in [-0.2, 0) is 27.0 Å². The lowest BCUT2D eigenvalue weighted by Gasteiger charge is -2.12. The molecule has 0 unspecified atom stereocenters. The number of halogens is 1. The highest BCUT2D eigenvalue weighted by molar-refractivity contribution is 14.1. The number of aromatic nitrogens is 1. The normalized spacial score (nSPS) is 11.2. The molecule has 1 aromatic heterocycles. The van der Waals surface area contributed by atoms with Gasteiger partial charge >= 0.3 is 0 Å². The van der Waals surface area contributed by atoms with Gasteiger partial charge in [-0.15, -0.1) is 0 Å². The Balaban J connectivity index is 2.37. The van der Waals surface area contributed by atoms with Gasteiger partial charge in [0, 0.05) is 9.26 Å². The van der Waals surface area contributed by atoms with Crippen molar-refractivity contribution in [1.82, 2.24) is 4.98 Å². The van der Waals surface area contributed by atoms with Gasteiger partial charge < -0.3 is 10.7 Å². The minimum Gasteiger partial charge on any atom is -0.369 e. The average Bonchev–Trinajstić information content (AvgIpc) is 2.44. The third-order valence-electron chi connectivity index (χ3n) is 3.18. The van der Waals surface area contributed by atoms with Crippen molar-refractivity contribution in [3.05, 3.63) is 61.1 Å². The second-order valence-electron chi connectivity index (χ2n) is 5.28. The molecule has 0 saturated heterocycles. The quantitative estimate of drug-likeness (QED) is 0.561. The molecule has 0 aliphatic carbocycles. The van der Waals surface area contributed by atoms with Gasteiger partial charge in [0.25, 0.3) is 5.56 Å². The minimum atomic E-state index is -3.83. The predicted molar refractivity (Wildman–Crippen MR) is 100 cm³/mol. The summed E-state index contributed by atoms with van der Waals surface area (Å²) in [5.41, 5.74) is 5.76. The highest BCUT2D eigenvalue weighted by Crippen LogP contribution is 2.18. The first-order valence-corrected chi connectivity index (χ1v) is 9.66. The summed E-state index contributed by atoms with van der Waals surface area (Å²) in [6.45, 7) is 1.64. The SMILES string of the molecule is Cc1cc(CC(N)=O)c(NS(=O)(=O)Cc2ccccc2I)c(=O)[nH]1. The highest BCUT2D eigenvalue weighted by Gasteiger charge is 2.19. The third-order valence-corrected chi connectivity index (χ3v) is 5.43. The second kappa shape index (κ2) is 7.34. The fraction of sp³-hybridized carbons (Fsp3) is 0.200. The van der Waals surface area contributed by atoms with Gasteiger partial charge in [0.15, 0.2) is 0 Å². The van der Waals surface area contributed by atoms with Crippen LogP contribution in [0.4, 0.5) is 5.69 Å². The van der Waals surface area contributed by atoms with Crippen molar-refractivity contribution >= 4 is 44.2 Å². The first-order chi connectivity index (χ1) is 11.2. The molecular formula is C15H16IN3O4S. The number of anilines is 1. The van der Waals surface area contributed by atoms with E-state index in [1.165, 1.54) is 6.07 Å². The first-order valence-electron chi connectivity index (χ1n) is 6.93. The molecule has 0 aliphatic heterocycles. The maximum absolute atomic E-state index is 12.4. The Hall–Kier alpha value is -1.88. The van der Waals surface area contributed by atoms with Gasteiger partial charge in [0.1, 0.15) is 5.69 Å². The van der Waals surface area contributed by atoms with Crippen LogP contribution in [-0.4, -0.2) is 19.3 Å². The van der Waals surface area contributed by atoms with Crippen molar-refractivity contribution in [3.63, 3.8) is 0 Å². The number of rotatable bonds is 6. The number of carbonyl (C=O) groups is 1. The molecule has 0 fully saturated rings. The molecule has 2 aromatic rings. The molecule has 128 valence electrons. The van der Waals surface area contributed by atoms with Crippen molar-refractivity contribution in [2.75, 3.05) is 4.72 Å². The number of pyridine rings is 1. The number of aryl methyl sites for hydroxylation is 1. The van der Waals surface area contributed by atoms with E-state index < -0.39 is 21.5 Å². The van der Waals surface area contributed by atoms with E-state index in [2.05, 4.69) is 9.71 Å². The molecule has 24 heavy (non-hydrogen) atoms. The summed E-state index contributed by atoms with van der Waals surface area (Å²) in [7, 11) is -3.83. The van der Waals surface area contributed by atoms with Crippen LogP contribution >= 0.6 is 22.6 Å². The van der Waals surface area contributed by atoms with Crippen molar-refractivity contribution in [1.29, 1.82) is 0 Å². The van der Waals surface area contributed by atoms with Gasteiger partial charge in [-0.3, -0.25) is 14.3 Å². The molecule has 0 spiro atoms. The zero-order valence-electron chi connectivity index (χ0n) is 12.8. The van der Waals surface area contributed by atoms with E-state index in [1.54, 1.807) is 31.2 Å². The highest BCUT2D eigenvalue weighted by atomic mass is 127. The van der Waals surface area contributed by atoms with E-state index in [0.717, 1.165) is 3.57 Å². The van der Waals surface area contributed by atoms with Crippen LogP contribution in [0.1, 0.15) is 16.8 Å². The van der Waals surface area contributed by atoms with Crippen LogP contribution in [0, 0.1) is 10.5 Å². The van der Waals surface area contributed by atoms with Gasteiger partial charge in [-0.05, 0) is 52.8 Å². The molecule has 0 saturated carbocycles. The number of nitrogens with two attached hydrogens (primary N) is 1. The Morgan fingerprint density at radius 1 is 1.29 bits per heavy atom. The summed E-state index contributed by atoms with van der Waals surface area (Å²) in [5, 5.41) is 0. The van der Waals surface area contributed by atoms with Crippen molar-refractivity contribution in [3.8, 4) is 0 Å². The molecule has 1 amide bonds. The number of hydrogen-bond acceptors (Lipinski definition) is 4. The number of benzene rings is 1. The van der Waals surface area contributed by atoms with E-state index in [4.69, 9.17) is 5.73 Å². The lowest BCUT2D eigenvalue weighted by molar-refractivity contribution is -0.117. The zero-order valence-corrected chi connectivity index (χ0v) is 15.8. The van der Waals surface area contributed by atoms with Crippen molar-refractivity contribution in [2.24, 2.45) is 5.73 Å². The number of amides is 1. The second-order valence-corrected chi connectivity index (χ2v) is 8.16. The Kier molecular flexibility index (Phi) is 5.65. The summed E-state index contributed by atoms with van der Waals surface area (Å²) >= 11 is 2.04. The summed E-state index contributed by atoms with van der Waals surface area (Å²) in [6.07, 6.45) is -0.231. The Bertz CT molecular complexity index is 938. The Labute approximate surface area is 152 Å². The Morgan fingerprint density at radius 2 is 1.96 bits per heavy atom. The maximum Gasteiger partial charge on any atom is 0.272 e. The number of sulfonamides is 1. The summed E-state index contributed by atoms with van der Waals surface area (Å²) in [4.78, 5) is 25.8. The topological polar surface area (TPSA) is 122 Å². The number of primary amides is 1.